The van der Waals surface area contributed by atoms with Gasteiger partial charge in [0, 0.05) is 24.5 Å². The van der Waals surface area contributed by atoms with Crippen molar-refractivity contribution in [3.8, 4) is 0 Å². The number of hydrogen-bond donors (Lipinski definition) is 1. The normalized spacial score (nSPS) is 33.9. The molecule has 3 fully saturated rings. The molecule has 0 aromatic rings. The zero-order valence-corrected chi connectivity index (χ0v) is 34.6. The van der Waals surface area contributed by atoms with Crippen LogP contribution in [-0.2, 0) is 19.1 Å². The molecule has 5 heteroatoms. The molecule has 50 heavy (non-hydrogen) atoms. The zero-order chi connectivity index (χ0) is 36.9. The van der Waals surface area contributed by atoms with E-state index in [9.17, 15) is 9.59 Å². The quantitative estimate of drug-likeness (QED) is 0.136. The van der Waals surface area contributed by atoms with Crippen LogP contribution < -0.4 is 5.32 Å². The number of allylic oxidation sites excluding steroid dienone is 1. The van der Waals surface area contributed by atoms with Gasteiger partial charge in [-0.1, -0.05) is 93.2 Å². The van der Waals surface area contributed by atoms with E-state index in [4.69, 9.17) is 9.47 Å². The van der Waals surface area contributed by atoms with Gasteiger partial charge in [0.05, 0.1) is 11.7 Å². The Morgan fingerprint density at radius 2 is 1.68 bits per heavy atom. The smallest absolute Gasteiger partial charge is 0.246 e. The molecule has 1 amide bonds. The molecule has 4 aliphatic carbocycles. The largest absolute Gasteiger partial charge is 0.375 e. The Hall–Kier alpha value is -1.20. The monoisotopic (exact) mass is 698 g/mol. The van der Waals surface area contributed by atoms with Gasteiger partial charge in [0.2, 0.25) is 5.91 Å². The van der Waals surface area contributed by atoms with Crippen molar-refractivity contribution in [2.24, 2.45) is 52.3 Å². The molecule has 0 heterocycles. The molecule has 0 aliphatic heterocycles. The van der Waals surface area contributed by atoms with Crippen LogP contribution in [0.4, 0.5) is 0 Å². The van der Waals surface area contributed by atoms with E-state index in [0.717, 1.165) is 74.0 Å². The number of ether oxygens (including phenoxy) is 2. The number of carbonyl (C=O) groups is 2. The molecular formula is C45H79NO4. The minimum absolute atomic E-state index is 0.0260. The minimum atomic E-state index is -0.352. The number of carbonyl (C=O) groups excluding carboxylic acids is 2. The number of Topliss-reactive ketones (excluding diaryl/α,β-unsaturated/α-hetero) is 1. The number of hydrogen-bond acceptors (Lipinski definition) is 4. The number of rotatable bonds is 19. The van der Waals surface area contributed by atoms with Crippen LogP contribution in [0.15, 0.2) is 11.6 Å². The van der Waals surface area contributed by atoms with Crippen LogP contribution in [0.25, 0.3) is 0 Å². The molecular weight excluding hydrogens is 618 g/mol. The van der Waals surface area contributed by atoms with Crippen LogP contribution in [0.5, 0.6) is 0 Å². The van der Waals surface area contributed by atoms with Crippen LogP contribution in [0.3, 0.4) is 0 Å². The highest BCUT2D eigenvalue weighted by Gasteiger charge is 2.59. The number of nitrogens with one attached hydrogen (secondary N) is 1. The van der Waals surface area contributed by atoms with Gasteiger partial charge >= 0.3 is 0 Å². The third-order valence-corrected chi connectivity index (χ3v) is 15.3. The predicted molar refractivity (Wildman–Crippen MR) is 208 cm³/mol. The third-order valence-electron chi connectivity index (χ3n) is 15.3. The molecule has 5 nitrogen and oxygen atoms in total. The van der Waals surface area contributed by atoms with Gasteiger partial charge in [-0.15, -0.1) is 0 Å². The lowest BCUT2D eigenvalue weighted by atomic mass is 9.47. The van der Waals surface area contributed by atoms with Crippen molar-refractivity contribution in [1.29, 1.82) is 0 Å². The molecule has 0 radical (unpaired) electrons. The van der Waals surface area contributed by atoms with Crippen LogP contribution in [0.1, 0.15) is 179 Å². The summed E-state index contributed by atoms with van der Waals surface area (Å²) >= 11 is 0. The number of fused-ring (bicyclic) bond motifs is 5. The molecule has 4 aliphatic rings. The summed E-state index contributed by atoms with van der Waals surface area (Å²) in [6, 6.07) is 0. The molecule has 0 spiro atoms. The number of amides is 1. The molecule has 0 bridgehead atoms. The maximum Gasteiger partial charge on any atom is 0.246 e. The Labute approximate surface area is 308 Å². The van der Waals surface area contributed by atoms with Gasteiger partial charge in [-0.3, -0.25) is 9.59 Å². The van der Waals surface area contributed by atoms with Gasteiger partial charge in [0.25, 0.3) is 0 Å². The van der Waals surface area contributed by atoms with E-state index in [2.05, 4.69) is 73.7 Å². The summed E-state index contributed by atoms with van der Waals surface area (Å²) in [5.41, 5.74) is 1.77. The number of ketones is 1. The Morgan fingerprint density at radius 3 is 2.34 bits per heavy atom. The van der Waals surface area contributed by atoms with Crippen molar-refractivity contribution in [3.05, 3.63) is 11.6 Å². The Bertz CT molecular complexity index is 1160. The predicted octanol–water partition coefficient (Wildman–Crippen LogP) is 11.3. The fraction of sp³-hybridized carbons (Fsp3) is 0.911. The first kappa shape index (κ1) is 41.6. The van der Waals surface area contributed by atoms with E-state index in [1.54, 1.807) is 5.57 Å². The highest BCUT2D eigenvalue weighted by molar-refractivity contribution is 5.80. The van der Waals surface area contributed by atoms with Gasteiger partial charge in [-0.05, 0) is 137 Å². The summed E-state index contributed by atoms with van der Waals surface area (Å²) in [5, 5.41) is 3.29. The van der Waals surface area contributed by atoms with E-state index < -0.39 is 0 Å². The summed E-state index contributed by atoms with van der Waals surface area (Å²) < 4.78 is 12.7. The highest BCUT2D eigenvalue weighted by Crippen LogP contribution is 2.67. The van der Waals surface area contributed by atoms with E-state index in [-0.39, 0.29) is 35.7 Å². The Balaban J connectivity index is 1.26. The van der Waals surface area contributed by atoms with Crippen LogP contribution in [-0.4, -0.2) is 42.1 Å². The first-order valence-corrected chi connectivity index (χ1v) is 21.3. The molecule has 0 saturated heterocycles. The van der Waals surface area contributed by atoms with Crippen molar-refractivity contribution >= 4 is 11.7 Å². The van der Waals surface area contributed by atoms with Gasteiger partial charge in [0.15, 0.2) is 0 Å². The van der Waals surface area contributed by atoms with Gasteiger partial charge < -0.3 is 14.8 Å². The van der Waals surface area contributed by atoms with E-state index >= 15 is 0 Å². The lowest BCUT2D eigenvalue weighted by Gasteiger charge is -2.58. The summed E-state index contributed by atoms with van der Waals surface area (Å²) in [6.07, 6.45) is 20.8. The van der Waals surface area contributed by atoms with Gasteiger partial charge in [0.1, 0.15) is 12.4 Å². The maximum atomic E-state index is 13.2. The second-order valence-electron chi connectivity index (χ2n) is 19.5. The van der Waals surface area contributed by atoms with Crippen molar-refractivity contribution in [1.82, 2.24) is 5.32 Å². The summed E-state index contributed by atoms with van der Waals surface area (Å²) in [7, 11) is 0. The molecule has 288 valence electrons. The summed E-state index contributed by atoms with van der Waals surface area (Å²) in [6.45, 7) is 25.7. The SMILES string of the molecule is CCC(C)(CCOC(C)(CC)CCC(=O)C(C)C)NC(=O)COC1CC[C@@]2(C)C(=CC[C@H]3[C@@H]4CC[C@H]([C@H](C)CCCC(C)C)[C@@]4(C)CC[C@@H]32)C1. The van der Waals surface area contributed by atoms with Crippen LogP contribution >= 0.6 is 0 Å². The fourth-order valence-electron chi connectivity index (χ4n) is 11.2. The van der Waals surface area contributed by atoms with E-state index in [1.807, 2.05) is 13.8 Å². The summed E-state index contributed by atoms with van der Waals surface area (Å²) in [5.74, 6) is 5.44. The molecule has 3 unspecified atom stereocenters. The Kier molecular flexibility index (Phi) is 14.4. The van der Waals surface area contributed by atoms with Crippen molar-refractivity contribution in [2.75, 3.05) is 13.2 Å². The molecule has 4 rings (SSSR count). The topological polar surface area (TPSA) is 64.6 Å². The lowest BCUT2D eigenvalue weighted by molar-refractivity contribution is -0.131. The lowest BCUT2D eigenvalue weighted by Crippen LogP contribution is -2.51. The average Bonchev–Trinajstić information content (AvgIpc) is 3.43. The maximum absolute atomic E-state index is 13.2. The first-order valence-electron chi connectivity index (χ1n) is 21.3. The zero-order valence-electron chi connectivity index (χ0n) is 34.6. The fourth-order valence-corrected chi connectivity index (χ4v) is 11.2. The second kappa shape index (κ2) is 17.3. The second-order valence-corrected chi connectivity index (χ2v) is 19.5. The summed E-state index contributed by atoms with van der Waals surface area (Å²) in [4.78, 5) is 25.4. The van der Waals surface area contributed by atoms with Crippen LogP contribution in [0.2, 0.25) is 0 Å². The third kappa shape index (κ3) is 9.66. The molecule has 1 N–H and O–H groups in total. The van der Waals surface area contributed by atoms with Gasteiger partial charge in [-0.2, -0.15) is 0 Å². The van der Waals surface area contributed by atoms with E-state index in [1.165, 1.54) is 57.8 Å². The van der Waals surface area contributed by atoms with Crippen molar-refractivity contribution in [3.63, 3.8) is 0 Å². The van der Waals surface area contributed by atoms with Crippen LogP contribution in [0, 0.1) is 52.3 Å². The standard InChI is InChI=1S/C45H79NO4/c1-12-42(8,27-28-50-43(9,13-2)24-23-40(47)32(5)6)46-41(48)30-49-35-21-25-44(10)34(29-35)17-18-36-38-20-19-37(33(7)16-14-15-31(3)4)45(38,11)26-22-39(36)44/h17,31-33,35-39H,12-16,18-30H2,1-11H3,(H,46,48)/t33-,35?,36+,37-,38+,39+,42?,43?,44+,45-/m1/s1. The average molecular weight is 698 g/mol. The molecule has 0 aromatic heterocycles. The van der Waals surface area contributed by atoms with Crippen molar-refractivity contribution < 1.29 is 19.1 Å². The first-order chi connectivity index (χ1) is 23.5. The Morgan fingerprint density at radius 1 is 0.940 bits per heavy atom. The van der Waals surface area contributed by atoms with Gasteiger partial charge in [-0.25, -0.2) is 0 Å². The molecule has 10 atom stereocenters. The molecule has 0 aromatic carbocycles. The van der Waals surface area contributed by atoms with Crippen molar-refractivity contribution in [2.45, 2.75) is 196 Å². The minimum Gasteiger partial charge on any atom is -0.375 e. The van der Waals surface area contributed by atoms with E-state index in [0.29, 0.717) is 29.6 Å². The molecule has 3 saturated carbocycles. The highest BCUT2D eigenvalue weighted by atomic mass is 16.5.